The first-order valence-corrected chi connectivity index (χ1v) is 12.7. The molecule has 3 heterocycles. The van der Waals surface area contributed by atoms with Gasteiger partial charge in [-0.1, -0.05) is 6.07 Å². The number of piperazine rings is 1. The fourth-order valence-electron chi connectivity index (χ4n) is 4.73. The van der Waals surface area contributed by atoms with Gasteiger partial charge in [-0.3, -0.25) is 9.36 Å². The molecular weight excluding hydrogens is 525 g/mol. The maximum absolute atomic E-state index is 13.5. The second-order valence-corrected chi connectivity index (χ2v) is 9.45. The van der Waals surface area contributed by atoms with Crippen molar-refractivity contribution < 1.29 is 27.4 Å². The van der Waals surface area contributed by atoms with Crippen LogP contribution in [0.2, 0.25) is 0 Å². The number of aromatic nitrogens is 3. The number of ether oxygens (including phenoxy) is 2. The first kappa shape index (κ1) is 27.3. The molecule has 4 aromatic rings. The molecule has 0 aliphatic carbocycles. The van der Waals surface area contributed by atoms with E-state index in [0.717, 1.165) is 54.2 Å². The predicted molar refractivity (Wildman–Crippen MR) is 145 cm³/mol. The van der Waals surface area contributed by atoms with Crippen molar-refractivity contribution in [2.45, 2.75) is 12.7 Å². The number of carbonyl (C=O) groups is 1. The van der Waals surface area contributed by atoms with Crippen molar-refractivity contribution in [3.05, 3.63) is 60.6 Å². The Hall–Kier alpha value is -4.32. The van der Waals surface area contributed by atoms with Gasteiger partial charge in [-0.15, -0.1) is 0 Å². The summed E-state index contributed by atoms with van der Waals surface area (Å²) in [4.78, 5) is 26.3. The van der Waals surface area contributed by atoms with E-state index in [0.29, 0.717) is 5.69 Å². The number of halogens is 3. The highest BCUT2D eigenvalue weighted by Crippen LogP contribution is 2.34. The molecule has 1 aliphatic rings. The number of methoxy groups -OCH3 is 2. The minimum atomic E-state index is -3.37. The molecule has 1 aliphatic heterocycles. The molecule has 40 heavy (non-hydrogen) atoms. The van der Waals surface area contributed by atoms with Gasteiger partial charge in [0.1, 0.15) is 29.2 Å². The molecule has 0 bridgehead atoms. The first-order valence-electron chi connectivity index (χ1n) is 12.7. The highest BCUT2D eigenvalue weighted by molar-refractivity contribution is 6.00. The number of pyridine rings is 1. The fraction of sp³-hybridized carbons (Fsp3) is 0.321. The topological polar surface area (TPSA) is 84.8 Å². The van der Waals surface area contributed by atoms with Crippen LogP contribution in [-0.4, -0.2) is 85.5 Å². The zero-order valence-corrected chi connectivity index (χ0v) is 22.3. The average molecular weight is 555 g/mol. The molecule has 2 aromatic heterocycles. The van der Waals surface area contributed by atoms with Crippen LogP contribution in [0.15, 0.2) is 55.0 Å². The third-order valence-corrected chi connectivity index (χ3v) is 6.94. The maximum atomic E-state index is 13.5. The van der Waals surface area contributed by atoms with Crippen LogP contribution in [0.4, 0.5) is 19.0 Å². The zero-order valence-electron chi connectivity index (χ0n) is 22.3. The van der Waals surface area contributed by atoms with E-state index in [4.69, 9.17) is 9.47 Å². The van der Waals surface area contributed by atoms with E-state index in [-0.39, 0.29) is 17.1 Å². The third kappa shape index (κ3) is 5.39. The Morgan fingerprint density at radius 2 is 1.60 bits per heavy atom. The van der Waals surface area contributed by atoms with Crippen LogP contribution in [-0.2, 0) is 0 Å². The van der Waals surface area contributed by atoms with Crippen LogP contribution in [0.3, 0.4) is 0 Å². The minimum absolute atomic E-state index is 0.0278. The lowest BCUT2D eigenvalue weighted by atomic mass is 10.1. The van der Waals surface area contributed by atoms with Crippen molar-refractivity contribution in [2.24, 2.45) is 0 Å². The third-order valence-electron chi connectivity index (χ3n) is 6.94. The summed E-state index contributed by atoms with van der Waals surface area (Å²) >= 11 is 0. The molecule has 5 rings (SSSR count). The monoisotopic (exact) mass is 554 g/mol. The summed E-state index contributed by atoms with van der Waals surface area (Å²) in [6, 6.07) is 13.0. The quantitative estimate of drug-likeness (QED) is 0.328. The van der Waals surface area contributed by atoms with Crippen molar-refractivity contribution in [3.63, 3.8) is 0 Å². The van der Waals surface area contributed by atoms with E-state index in [2.05, 4.69) is 32.9 Å². The summed E-state index contributed by atoms with van der Waals surface area (Å²) < 4.78 is 51.3. The van der Waals surface area contributed by atoms with Gasteiger partial charge in [0, 0.05) is 44.5 Å². The number of nitrogens with zero attached hydrogens (tertiary/aromatic N) is 5. The second kappa shape index (κ2) is 11.4. The molecule has 1 saturated heterocycles. The molecular formula is C28H29F3N6O3. The molecule has 9 nitrogen and oxygen atoms in total. The fourth-order valence-corrected chi connectivity index (χ4v) is 4.73. The number of imidazole rings is 1. The van der Waals surface area contributed by atoms with Gasteiger partial charge >= 0.3 is 0 Å². The minimum Gasteiger partial charge on any atom is -0.496 e. The number of hydrogen-bond acceptors (Lipinski definition) is 7. The number of alkyl halides is 3. The van der Waals surface area contributed by atoms with Gasteiger partial charge in [0.25, 0.3) is 12.3 Å². The van der Waals surface area contributed by atoms with E-state index in [9.17, 15) is 18.0 Å². The van der Waals surface area contributed by atoms with E-state index < -0.39 is 18.6 Å². The number of benzene rings is 2. The summed E-state index contributed by atoms with van der Waals surface area (Å²) in [6.07, 6.45) is -2.76. The number of anilines is 1. The highest BCUT2D eigenvalue weighted by Gasteiger charge is 2.27. The Kier molecular flexibility index (Phi) is 7.78. The summed E-state index contributed by atoms with van der Waals surface area (Å²) in [7, 11) is 4.75. The number of rotatable bonds is 8. The number of fused-ring (bicyclic) bond motifs is 1. The molecule has 1 fully saturated rings. The van der Waals surface area contributed by atoms with E-state index in [1.807, 2.05) is 30.5 Å². The molecule has 1 N–H and O–H groups in total. The van der Waals surface area contributed by atoms with Crippen molar-refractivity contribution >= 4 is 22.8 Å². The maximum Gasteiger partial charge on any atom is 0.287 e. The smallest absolute Gasteiger partial charge is 0.287 e. The Morgan fingerprint density at radius 3 is 2.25 bits per heavy atom. The molecule has 1 atom stereocenters. The molecule has 210 valence electrons. The summed E-state index contributed by atoms with van der Waals surface area (Å²) in [5.74, 6) is -0.0892. The number of hydrogen-bond donors (Lipinski definition) is 1. The normalized spacial score (nSPS) is 14.9. The molecule has 1 unspecified atom stereocenters. The number of likely N-dealkylation sites (N-methyl/N-ethyl adjacent to an activating group) is 1. The van der Waals surface area contributed by atoms with E-state index in [1.54, 1.807) is 16.2 Å². The van der Waals surface area contributed by atoms with Crippen molar-refractivity contribution in [1.29, 1.82) is 0 Å². The number of amides is 1. The van der Waals surface area contributed by atoms with Crippen molar-refractivity contribution in [3.8, 4) is 28.3 Å². The highest BCUT2D eigenvalue weighted by atomic mass is 19.3. The van der Waals surface area contributed by atoms with E-state index in [1.165, 1.54) is 26.4 Å². The lowest BCUT2D eigenvalue weighted by Crippen LogP contribution is -2.44. The van der Waals surface area contributed by atoms with Gasteiger partial charge in [0.2, 0.25) is 6.30 Å². The number of nitrogens with one attached hydrogen (secondary N) is 1. The molecule has 1 amide bonds. The van der Waals surface area contributed by atoms with Crippen LogP contribution < -0.4 is 19.7 Å². The van der Waals surface area contributed by atoms with Crippen LogP contribution in [0.25, 0.3) is 27.8 Å². The van der Waals surface area contributed by atoms with Gasteiger partial charge in [-0.05, 0) is 42.4 Å². The molecule has 0 spiro atoms. The van der Waals surface area contributed by atoms with Gasteiger partial charge in [0.15, 0.2) is 0 Å². The molecule has 12 heteroatoms. The standard InChI is InChI=1S/C28H29F3N6O3/c1-35-8-10-36(11-9-35)24-13-18(6-7-32-24)17-4-5-21-20(12-17)33-16-37(21)19-14-22(39-2)25(23(15-19)40-3)28(38)34-27(31)26(29)30/h4-7,12-16,26-27H,8-11H2,1-3H3,(H,34,38). The Labute approximate surface area is 229 Å². The summed E-state index contributed by atoms with van der Waals surface area (Å²) in [6.45, 7) is 3.82. The Bertz CT molecular complexity index is 1500. The zero-order chi connectivity index (χ0) is 28.4. The number of carbonyl (C=O) groups excluding carboxylic acids is 1. The summed E-state index contributed by atoms with van der Waals surface area (Å²) in [5, 5.41) is 1.63. The predicted octanol–water partition coefficient (Wildman–Crippen LogP) is 4.15. The van der Waals surface area contributed by atoms with Crippen molar-refractivity contribution in [2.75, 3.05) is 52.3 Å². The van der Waals surface area contributed by atoms with Gasteiger partial charge in [-0.25, -0.2) is 23.1 Å². The summed E-state index contributed by atoms with van der Waals surface area (Å²) in [5.41, 5.74) is 3.86. The van der Waals surface area contributed by atoms with Crippen molar-refractivity contribution in [1.82, 2.24) is 24.8 Å². The first-order chi connectivity index (χ1) is 19.3. The SMILES string of the molecule is COc1cc(-n2cnc3cc(-c4ccnc(N5CCN(C)CC5)c4)ccc32)cc(OC)c1C(=O)NC(F)C(F)F. The van der Waals surface area contributed by atoms with Crippen LogP contribution in [0.1, 0.15) is 10.4 Å². The second-order valence-electron chi connectivity index (χ2n) is 9.45. The largest absolute Gasteiger partial charge is 0.496 e. The van der Waals surface area contributed by atoms with E-state index >= 15 is 0 Å². The molecule has 0 saturated carbocycles. The van der Waals surface area contributed by atoms with Gasteiger partial charge in [0.05, 0.1) is 30.9 Å². The van der Waals surface area contributed by atoms with Crippen LogP contribution >= 0.6 is 0 Å². The lowest BCUT2D eigenvalue weighted by molar-refractivity contribution is 0.0285. The van der Waals surface area contributed by atoms with Crippen LogP contribution in [0.5, 0.6) is 11.5 Å². The van der Waals surface area contributed by atoms with Crippen LogP contribution in [0, 0.1) is 0 Å². The molecule has 2 aromatic carbocycles. The van der Waals surface area contributed by atoms with Gasteiger partial charge in [-0.2, -0.15) is 0 Å². The van der Waals surface area contributed by atoms with Gasteiger partial charge < -0.3 is 24.6 Å². The average Bonchev–Trinajstić information content (AvgIpc) is 3.40. The molecule has 0 radical (unpaired) electrons. The Morgan fingerprint density at radius 1 is 0.925 bits per heavy atom. The lowest BCUT2D eigenvalue weighted by Gasteiger charge is -2.33. The Balaban J connectivity index is 1.46.